The summed E-state index contributed by atoms with van der Waals surface area (Å²) in [6, 6.07) is 2.17. The molecule has 2 nitrogen and oxygen atoms in total. The number of rotatable bonds is 7. The summed E-state index contributed by atoms with van der Waals surface area (Å²) in [7, 11) is 0. The molecule has 0 atom stereocenters. The fourth-order valence-corrected chi connectivity index (χ4v) is 2.86. The van der Waals surface area contributed by atoms with E-state index in [2.05, 4.69) is 27.1 Å². The lowest BCUT2D eigenvalue weighted by Gasteiger charge is -2.02. The molecule has 4 heteroatoms. The molecule has 1 N–H and O–H groups in total. The van der Waals surface area contributed by atoms with Crippen LogP contribution in [0.3, 0.4) is 0 Å². The number of aryl methyl sites for hydroxylation is 1. The first-order valence-corrected chi connectivity index (χ1v) is 7.37. The molecule has 0 unspecified atom stereocenters. The van der Waals surface area contributed by atoms with Gasteiger partial charge < -0.3 is 5.32 Å². The van der Waals surface area contributed by atoms with Crippen molar-refractivity contribution in [2.24, 2.45) is 0 Å². The van der Waals surface area contributed by atoms with Gasteiger partial charge in [0, 0.05) is 18.1 Å². The maximum atomic E-state index is 4.27. The van der Waals surface area contributed by atoms with E-state index in [1.165, 1.54) is 23.4 Å². The summed E-state index contributed by atoms with van der Waals surface area (Å²) in [6.07, 6.45) is 5.46. The third-order valence-electron chi connectivity index (χ3n) is 2.39. The van der Waals surface area contributed by atoms with E-state index in [0.717, 1.165) is 19.5 Å². The van der Waals surface area contributed by atoms with Crippen LogP contribution in [0.25, 0.3) is 0 Å². The zero-order chi connectivity index (χ0) is 11.1. The van der Waals surface area contributed by atoms with Gasteiger partial charge in [-0.3, -0.25) is 0 Å². The van der Waals surface area contributed by atoms with Crippen molar-refractivity contribution in [1.29, 1.82) is 0 Å². The van der Waals surface area contributed by atoms with E-state index in [4.69, 9.17) is 0 Å². The number of nitrogens with one attached hydrogen (secondary N) is 1. The summed E-state index contributed by atoms with van der Waals surface area (Å²) in [5.41, 5.74) is 1.39. The zero-order valence-electron chi connectivity index (χ0n) is 9.19. The second-order valence-corrected chi connectivity index (χ2v) is 5.45. The summed E-state index contributed by atoms with van der Waals surface area (Å²) in [5.74, 6) is 0. The predicted molar refractivity (Wildman–Crippen MR) is 71.1 cm³/mol. The van der Waals surface area contributed by atoms with Gasteiger partial charge in [0.05, 0.1) is 5.01 Å². The van der Waals surface area contributed by atoms with Crippen LogP contribution in [-0.4, -0.2) is 11.5 Å². The quantitative estimate of drug-likeness (QED) is 0.765. The Hall–Kier alpha value is -0.710. The molecule has 0 fully saturated rings. The molecule has 0 spiro atoms. The normalized spacial score (nSPS) is 10.8. The highest BCUT2D eigenvalue weighted by Crippen LogP contribution is 2.08. The topological polar surface area (TPSA) is 24.9 Å². The van der Waals surface area contributed by atoms with Crippen LogP contribution in [0.4, 0.5) is 0 Å². The number of unbranched alkanes of at least 4 members (excludes halogenated alkanes) is 1. The molecule has 0 saturated carbocycles. The number of hydrogen-bond acceptors (Lipinski definition) is 4. The average molecular weight is 252 g/mol. The van der Waals surface area contributed by atoms with E-state index < -0.39 is 0 Å². The van der Waals surface area contributed by atoms with Gasteiger partial charge in [-0.1, -0.05) is 0 Å². The molecule has 0 aromatic carbocycles. The second kappa shape index (κ2) is 6.78. The molecule has 0 radical (unpaired) electrons. The average Bonchev–Trinajstić information content (AvgIpc) is 2.96. The van der Waals surface area contributed by atoms with Gasteiger partial charge in [0.1, 0.15) is 0 Å². The third kappa shape index (κ3) is 4.04. The maximum absolute atomic E-state index is 4.27. The van der Waals surface area contributed by atoms with Crippen molar-refractivity contribution in [1.82, 2.24) is 10.3 Å². The van der Waals surface area contributed by atoms with Crippen LogP contribution in [0.1, 0.15) is 23.4 Å². The van der Waals surface area contributed by atoms with Gasteiger partial charge in [-0.25, -0.2) is 4.98 Å². The first-order valence-electron chi connectivity index (χ1n) is 5.55. The largest absolute Gasteiger partial charge is 0.313 e. The fraction of sp³-hybridized carbons (Fsp3) is 0.417. The molecule has 0 saturated heterocycles. The minimum absolute atomic E-state index is 1.00. The SMILES string of the molecule is c1csc(CCCCNCc2ccsc2)n1. The lowest BCUT2D eigenvalue weighted by molar-refractivity contribution is 0.623. The Morgan fingerprint density at radius 2 is 2.25 bits per heavy atom. The van der Waals surface area contributed by atoms with Gasteiger partial charge in [-0.05, 0) is 48.2 Å². The van der Waals surface area contributed by atoms with Crippen LogP contribution in [0, 0.1) is 0 Å². The lowest BCUT2D eigenvalue weighted by atomic mass is 10.2. The summed E-state index contributed by atoms with van der Waals surface area (Å²) in [6.45, 7) is 2.10. The molecule has 2 aromatic rings. The van der Waals surface area contributed by atoms with Crippen molar-refractivity contribution < 1.29 is 0 Å². The van der Waals surface area contributed by atoms with Gasteiger partial charge >= 0.3 is 0 Å². The molecular weight excluding hydrogens is 236 g/mol. The van der Waals surface area contributed by atoms with Crippen molar-refractivity contribution in [3.63, 3.8) is 0 Å². The van der Waals surface area contributed by atoms with Crippen LogP contribution in [0.2, 0.25) is 0 Å². The van der Waals surface area contributed by atoms with Crippen LogP contribution >= 0.6 is 22.7 Å². The number of thiazole rings is 1. The standard InChI is InChI=1S/C12H16N2S2/c1(3-12-14-6-8-16-12)2-5-13-9-11-4-7-15-10-11/h4,6-8,10,13H,1-3,5,9H2. The molecule has 0 amide bonds. The first kappa shape index (κ1) is 11.8. The van der Waals surface area contributed by atoms with Gasteiger partial charge in [-0.2, -0.15) is 11.3 Å². The highest BCUT2D eigenvalue weighted by atomic mass is 32.1. The number of thiophene rings is 1. The second-order valence-electron chi connectivity index (χ2n) is 3.69. The van der Waals surface area contributed by atoms with Crippen molar-refractivity contribution >= 4 is 22.7 Å². The summed E-state index contributed by atoms with van der Waals surface area (Å²) < 4.78 is 0. The smallest absolute Gasteiger partial charge is 0.0924 e. The molecule has 86 valence electrons. The van der Waals surface area contributed by atoms with Crippen LogP contribution in [0.5, 0.6) is 0 Å². The van der Waals surface area contributed by atoms with Gasteiger partial charge in [-0.15, -0.1) is 11.3 Å². The van der Waals surface area contributed by atoms with Gasteiger partial charge in [0.25, 0.3) is 0 Å². The van der Waals surface area contributed by atoms with Crippen molar-refractivity contribution in [3.05, 3.63) is 39.0 Å². The predicted octanol–water partition coefficient (Wildman–Crippen LogP) is 3.32. The monoisotopic (exact) mass is 252 g/mol. The maximum Gasteiger partial charge on any atom is 0.0924 e. The Kier molecular flexibility index (Phi) is 4.99. The fourth-order valence-electron chi connectivity index (χ4n) is 1.53. The van der Waals surface area contributed by atoms with Crippen molar-refractivity contribution in [2.75, 3.05) is 6.54 Å². The number of aromatic nitrogens is 1. The van der Waals surface area contributed by atoms with Gasteiger partial charge in [0.2, 0.25) is 0 Å². The Labute approximate surface area is 104 Å². The summed E-state index contributed by atoms with van der Waals surface area (Å²) >= 11 is 3.51. The molecule has 0 bridgehead atoms. The number of hydrogen-bond donors (Lipinski definition) is 1. The highest BCUT2D eigenvalue weighted by Gasteiger charge is 1.96. The molecule has 2 aromatic heterocycles. The molecule has 2 rings (SSSR count). The van der Waals surface area contributed by atoms with Crippen LogP contribution in [-0.2, 0) is 13.0 Å². The Balaban J connectivity index is 1.49. The minimum atomic E-state index is 1.00. The number of nitrogens with zero attached hydrogens (tertiary/aromatic N) is 1. The summed E-state index contributed by atoms with van der Waals surface area (Å²) in [4.78, 5) is 4.27. The molecule has 0 aliphatic carbocycles. The van der Waals surface area contributed by atoms with E-state index >= 15 is 0 Å². The minimum Gasteiger partial charge on any atom is -0.313 e. The van der Waals surface area contributed by atoms with E-state index in [-0.39, 0.29) is 0 Å². The van der Waals surface area contributed by atoms with Crippen molar-refractivity contribution in [3.8, 4) is 0 Å². The molecule has 0 aliphatic rings. The highest BCUT2D eigenvalue weighted by molar-refractivity contribution is 7.09. The third-order valence-corrected chi connectivity index (χ3v) is 3.96. The van der Waals surface area contributed by atoms with E-state index in [1.807, 2.05) is 11.6 Å². The Bertz CT molecular complexity index is 329. The Morgan fingerprint density at radius 3 is 3.00 bits per heavy atom. The molecule has 2 heterocycles. The van der Waals surface area contributed by atoms with E-state index in [1.54, 1.807) is 22.7 Å². The molecule has 16 heavy (non-hydrogen) atoms. The summed E-state index contributed by atoms with van der Waals surface area (Å²) in [5, 5.41) is 11.1. The molecule has 0 aliphatic heterocycles. The van der Waals surface area contributed by atoms with Gasteiger partial charge in [0.15, 0.2) is 0 Å². The first-order chi connectivity index (χ1) is 7.95. The Morgan fingerprint density at radius 1 is 1.25 bits per heavy atom. The van der Waals surface area contributed by atoms with Crippen molar-refractivity contribution in [2.45, 2.75) is 25.8 Å². The van der Waals surface area contributed by atoms with E-state index in [0.29, 0.717) is 0 Å². The zero-order valence-corrected chi connectivity index (χ0v) is 10.8. The van der Waals surface area contributed by atoms with Crippen LogP contribution in [0.15, 0.2) is 28.4 Å². The lowest BCUT2D eigenvalue weighted by Crippen LogP contribution is -2.14. The molecular formula is C12H16N2S2. The van der Waals surface area contributed by atoms with Crippen LogP contribution < -0.4 is 5.32 Å². The van der Waals surface area contributed by atoms with E-state index in [9.17, 15) is 0 Å².